The molecule has 1 heterocycles. The first-order valence-corrected chi connectivity index (χ1v) is 12.2. The second-order valence-corrected chi connectivity index (χ2v) is 10.1. The Kier molecular flexibility index (Phi) is 7.50. The fraction of sp³-hybridized carbons (Fsp3) is 0.345. The van der Waals surface area contributed by atoms with Crippen molar-refractivity contribution in [2.75, 3.05) is 13.1 Å². The summed E-state index contributed by atoms with van der Waals surface area (Å²) in [5, 5.41) is 12.2. The Morgan fingerprint density at radius 2 is 1.59 bits per heavy atom. The highest BCUT2D eigenvalue weighted by molar-refractivity contribution is 5.85. The summed E-state index contributed by atoms with van der Waals surface area (Å²) < 4.78 is 53.4. The molecule has 0 spiro atoms. The van der Waals surface area contributed by atoms with E-state index < -0.39 is 23.1 Å². The lowest BCUT2D eigenvalue weighted by Gasteiger charge is -2.26. The van der Waals surface area contributed by atoms with E-state index in [0.717, 1.165) is 10.8 Å². The summed E-state index contributed by atoms with van der Waals surface area (Å²) in [6.07, 6.45) is -5.00. The van der Waals surface area contributed by atoms with E-state index in [-0.39, 0.29) is 46.4 Å². The van der Waals surface area contributed by atoms with Crippen LogP contribution < -0.4 is 10.2 Å². The third-order valence-corrected chi connectivity index (χ3v) is 5.92. The van der Waals surface area contributed by atoms with Crippen LogP contribution in [0.4, 0.5) is 13.2 Å². The maximum absolute atomic E-state index is 14.2. The molecular formula is C29H30F3NO4. The van der Waals surface area contributed by atoms with E-state index in [0.29, 0.717) is 13.1 Å². The van der Waals surface area contributed by atoms with Gasteiger partial charge in [-0.3, -0.25) is 9.69 Å². The SMILES string of the molecule is CC(C)CN(Cc1c(O)ccc2c(=O)c(Oc3ccc4ccccc4c3)c(C(F)(F)F)oc12)CC(C)C. The van der Waals surface area contributed by atoms with Gasteiger partial charge < -0.3 is 14.3 Å². The van der Waals surface area contributed by atoms with Crippen molar-refractivity contribution in [2.45, 2.75) is 40.4 Å². The second-order valence-electron chi connectivity index (χ2n) is 10.1. The molecule has 0 aliphatic heterocycles. The van der Waals surface area contributed by atoms with Crippen LogP contribution in [0.15, 0.2) is 63.8 Å². The number of halogens is 3. The molecule has 0 unspecified atom stereocenters. The summed E-state index contributed by atoms with van der Waals surface area (Å²) >= 11 is 0. The number of ether oxygens (including phenoxy) is 1. The molecule has 1 N–H and O–H groups in total. The molecule has 0 saturated heterocycles. The van der Waals surface area contributed by atoms with Gasteiger partial charge >= 0.3 is 6.18 Å². The molecule has 1 aromatic heterocycles. The molecule has 4 aromatic rings. The molecule has 0 aliphatic rings. The van der Waals surface area contributed by atoms with Gasteiger partial charge in [0, 0.05) is 19.6 Å². The number of rotatable bonds is 8. The molecule has 0 fully saturated rings. The molecule has 5 nitrogen and oxygen atoms in total. The van der Waals surface area contributed by atoms with Gasteiger partial charge in [0.15, 0.2) is 0 Å². The maximum Gasteiger partial charge on any atom is 0.453 e. The van der Waals surface area contributed by atoms with E-state index in [2.05, 4.69) is 0 Å². The number of alkyl halides is 3. The first-order valence-electron chi connectivity index (χ1n) is 12.2. The summed E-state index contributed by atoms with van der Waals surface area (Å²) in [5.41, 5.74) is -1.11. The van der Waals surface area contributed by atoms with Crippen LogP contribution in [-0.2, 0) is 12.7 Å². The zero-order valence-electron chi connectivity index (χ0n) is 21.2. The Morgan fingerprint density at radius 1 is 0.946 bits per heavy atom. The Balaban J connectivity index is 1.86. The fourth-order valence-electron chi connectivity index (χ4n) is 4.53. The number of aromatic hydroxyl groups is 1. The Labute approximate surface area is 213 Å². The third-order valence-electron chi connectivity index (χ3n) is 5.92. The fourth-order valence-corrected chi connectivity index (χ4v) is 4.53. The molecule has 196 valence electrons. The topological polar surface area (TPSA) is 62.9 Å². The largest absolute Gasteiger partial charge is 0.507 e. The van der Waals surface area contributed by atoms with E-state index in [9.17, 15) is 23.1 Å². The number of phenols is 1. The highest BCUT2D eigenvalue weighted by atomic mass is 19.4. The summed E-state index contributed by atoms with van der Waals surface area (Å²) in [6.45, 7) is 9.60. The first kappa shape index (κ1) is 26.5. The van der Waals surface area contributed by atoms with E-state index in [4.69, 9.17) is 9.15 Å². The van der Waals surface area contributed by atoms with Crippen LogP contribution in [0.1, 0.15) is 39.0 Å². The van der Waals surface area contributed by atoms with E-state index >= 15 is 0 Å². The van der Waals surface area contributed by atoms with Crippen LogP contribution in [0, 0.1) is 11.8 Å². The number of nitrogens with zero attached hydrogens (tertiary/aromatic N) is 1. The van der Waals surface area contributed by atoms with Crippen molar-refractivity contribution >= 4 is 21.7 Å². The average molecular weight is 514 g/mol. The molecule has 3 aromatic carbocycles. The number of hydrogen-bond acceptors (Lipinski definition) is 5. The zero-order valence-corrected chi connectivity index (χ0v) is 21.2. The number of benzene rings is 3. The Bertz CT molecular complexity index is 1460. The molecule has 0 amide bonds. The minimum Gasteiger partial charge on any atom is -0.507 e. The van der Waals surface area contributed by atoms with E-state index in [1.165, 1.54) is 18.2 Å². The van der Waals surface area contributed by atoms with Gasteiger partial charge in [-0.25, -0.2) is 0 Å². The average Bonchev–Trinajstić information content (AvgIpc) is 2.80. The van der Waals surface area contributed by atoms with Crippen molar-refractivity contribution in [3.8, 4) is 17.2 Å². The standard InChI is InChI=1S/C29H30F3NO4/c1-17(2)14-33(15-18(3)4)16-23-24(34)12-11-22-25(35)27(28(29(30,31)32)37-26(22)23)36-21-10-9-19-7-5-6-8-20(19)13-21/h5-13,17-18,34H,14-16H2,1-4H3. The molecule has 37 heavy (non-hydrogen) atoms. The van der Waals surface area contributed by atoms with Gasteiger partial charge in [0.25, 0.3) is 5.76 Å². The predicted molar refractivity (Wildman–Crippen MR) is 138 cm³/mol. The van der Waals surface area contributed by atoms with Crippen LogP contribution in [0.2, 0.25) is 0 Å². The van der Waals surface area contributed by atoms with Crippen LogP contribution in [0.25, 0.3) is 21.7 Å². The van der Waals surface area contributed by atoms with Crippen molar-refractivity contribution < 1.29 is 27.4 Å². The Morgan fingerprint density at radius 3 is 2.22 bits per heavy atom. The van der Waals surface area contributed by atoms with Crippen molar-refractivity contribution in [1.82, 2.24) is 4.90 Å². The minimum absolute atomic E-state index is 0.0786. The normalized spacial score (nSPS) is 12.4. The zero-order chi connectivity index (χ0) is 26.9. The van der Waals surface area contributed by atoms with E-state index in [1.54, 1.807) is 24.3 Å². The highest BCUT2D eigenvalue weighted by Gasteiger charge is 2.41. The van der Waals surface area contributed by atoms with Crippen LogP contribution in [0.5, 0.6) is 17.2 Å². The molecule has 8 heteroatoms. The van der Waals surface area contributed by atoms with Crippen LogP contribution >= 0.6 is 0 Å². The van der Waals surface area contributed by atoms with E-state index in [1.807, 2.05) is 44.7 Å². The third kappa shape index (κ3) is 5.91. The highest BCUT2D eigenvalue weighted by Crippen LogP contribution is 2.40. The predicted octanol–water partition coefficient (Wildman–Crippen LogP) is 7.58. The smallest absolute Gasteiger partial charge is 0.453 e. The van der Waals surface area contributed by atoms with Gasteiger partial charge in [-0.05, 0) is 46.9 Å². The molecule has 0 atom stereocenters. The van der Waals surface area contributed by atoms with Crippen molar-refractivity contribution in [2.24, 2.45) is 11.8 Å². The Hall–Kier alpha value is -3.52. The monoisotopic (exact) mass is 513 g/mol. The number of fused-ring (bicyclic) bond motifs is 2. The van der Waals surface area contributed by atoms with Gasteiger partial charge in [-0.1, -0.05) is 58.0 Å². The lowest BCUT2D eigenvalue weighted by molar-refractivity contribution is -0.154. The molecule has 0 radical (unpaired) electrons. The first-order chi connectivity index (χ1) is 17.4. The maximum atomic E-state index is 14.2. The van der Waals surface area contributed by atoms with Crippen LogP contribution in [0.3, 0.4) is 0 Å². The number of phenolic OH excluding ortho intramolecular Hbond substituents is 1. The van der Waals surface area contributed by atoms with Crippen LogP contribution in [-0.4, -0.2) is 23.1 Å². The molecule has 0 saturated carbocycles. The molecule has 4 rings (SSSR count). The molecular weight excluding hydrogens is 483 g/mol. The summed E-state index contributed by atoms with van der Waals surface area (Å²) in [7, 11) is 0. The van der Waals surface area contributed by atoms with Crippen molar-refractivity contribution in [1.29, 1.82) is 0 Å². The number of hydrogen-bond donors (Lipinski definition) is 1. The summed E-state index contributed by atoms with van der Waals surface area (Å²) in [5.74, 6) is -2.05. The second kappa shape index (κ2) is 10.5. The van der Waals surface area contributed by atoms with Gasteiger partial charge in [0.2, 0.25) is 11.2 Å². The summed E-state index contributed by atoms with van der Waals surface area (Å²) in [6, 6.07) is 14.7. The van der Waals surface area contributed by atoms with Crippen molar-refractivity contribution in [3.05, 3.63) is 76.1 Å². The lowest BCUT2D eigenvalue weighted by atomic mass is 10.1. The van der Waals surface area contributed by atoms with Gasteiger partial charge in [0.1, 0.15) is 17.1 Å². The molecule has 0 bridgehead atoms. The van der Waals surface area contributed by atoms with Gasteiger partial charge in [-0.2, -0.15) is 13.2 Å². The van der Waals surface area contributed by atoms with Crippen molar-refractivity contribution in [3.63, 3.8) is 0 Å². The molecule has 0 aliphatic carbocycles. The van der Waals surface area contributed by atoms with Gasteiger partial charge in [-0.15, -0.1) is 0 Å². The summed E-state index contributed by atoms with van der Waals surface area (Å²) in [4.78, 5) is 15.4. The quantitative estimate of drug-likeness (QED) is 0.263. The minimum atomic E-state index is -5.00. The lowest BCUT2D eigenvalue weighted by Crippen LogP contribution is -2.31. The van der Waals surface area contributed by atoms with Gasteiger partial charge in [0.05, 0.1) is 10.9 Å².